The van der Waals surface area contributed by atoms with Crippen LogP contribution in [-0.4, -0.2) is 6.71 Å². The van der Waals surface area contributed by atoms with Crippen molar-refractivity contribution in [3.63, 3.8) is 0 Å². The molecule has 4 aliphatic rings. The van der Waals surface area contributed by atoms with Gasteiger partial charge in [0.2, 0.25) is 0 Å². The van der Waals surface area contributed by atoms with Crippen LogP contribution >= 0.6 is 0 Å². The fraction of sp³-hybridized carbons (Fsp3) is 0.316. The van der Waals surface area contributed by atoms with Crippen molar-refractivity contribution in [1.29, 1.82) is 0 Å². The van der Waals surface area contributed by atoms with E-state index in [1.54, 1.807) is 0 Å². The van der Waals surface area contributed by atoms with Crippen molar-refractivity contribution >= 4 is 57.2 Å². The number of hydrogen-bond donors (Lipinski definition) is 0. The zero-order valence-corrected chi connectivity index (χ0v) is 51.4. The van der Waals surface area contributed by atoms with Crippen molar-refractivity contribution in [3.8, 4) is 22.3 Å². The molecule has 2 aliphatic heterocycles. The Labute approximate surface area is 491 Å². The second kappa shape index (κ2) is 19.1. The Morgan fingerprint density at radius 3 is 1.40 bits per heavy atom. The van der Waals surface area contributed by atoms with Gasteiger partial charge in [0.1, 0.15) is 0 Å². The van der Waals surface area contributed by atoms with Gasteiger partial charge in [0.05, 0.1) is 5.69 Å². The largest absolute Gasteiger partial charge is 0.311 e. The van der Waals surface area contributed by atoms with Gasteiger partial charge in [-0.15, -0.1) is 0 Å². The summed E-state index contributed by atoms with van der Waals surface area (Å²) in [6.45, 7) is 34.2. The number of nitrogens with zero attached hydrogens (tertiary/aromatic N) is 2. The van der Waals surface area contributed by atoms with Crippen LogP contribution in [0.3, 0.4) is 0 Å². The average molecular weight is 1070 g/mol. The Morgan fingerprint density at radius 1 is 0.366 bits per heavy atom. The van der Waals surface area contributed by atoms with Gasteiger partial charge in [0, 0.05) is 44.8 Å². The van der Waals surface area contributed by atoms with Crippen LogP contribution in [-0.2, 0) is 32.5 Å². The van der Waals surface area contributed by atoms with E-state index in [2.05, 4.69) is 301 Å². The molecule has 0 radical (unpaired) electrons. The highest BCUT2D eigenvalue weighted by Crippen LogP contribution is 2.54. The van der Waals surface area contributed by atoms with E-state index in [4.69, 9.17) is 0 Å². The lowest BCUT2D eigenvalue weighted by Gasteiger charge is -2.48. The lowest BCUT2D eigenvalue weighted by molar-refractivity contribution is 0.332. The van der Waals surface area contributed by atoms with E-state index in [0.717, 1.165) is 19.3 Å². The molecule has 2 aliphatic carbocycles. The molecule has 2 nitrogen and oxygen atoms in total. The fourth-order valence-corrected chi connectivity index (χ4v) is 14.9. The highest BCUT2D eigenvalue weighted by molar-refractivity contribution is 7.00. The molecule has 0 unspecified atom stereocenters. The van der Waals surface area contributed by atoms with Crippen LogP contribution in [0.15, 0.2) is 194 Å². The van der Waals surface area contributed by atoms with Crippen LogP contribution in [0.4, 0.5) is 34.1 Å². The first-order chi connectivity index (χ1) is 39.0. The van der Waals surface area contributed by atoms with E-state index in [-0.39, 0.29) is 45.1 Å². The maximum Gasteiger partial charge on any atom is 0.252 e. The molecule has 0 atom stereocenters. The molecule has 82 heavy (non-hydrogen) atoms. The Hall–Kier alpha value is -7.36. The summed E-state index contributed by atoms with van der Waals surface area (Å²) in [7, 11) is 0. The molecule has 0 amide bonds. The molecule has 2 heterocycles. The van der Waals surface area contributed by atoms with E-state index in [1.165, 1.54) is 129 Å². The second-order valence-electron chi connectivity index (χ2n) is 28.9. The maximum atomic E-state index is 2.73. The molecule has 9 aromatic rings. The van der Waals surface area contributed by atoms with Crippen molar-refractivity contribution in [2.45, 2.75) is 161 Å². The highest BCUT2D eigenvalue weighted by Gasteiger charge is 2.48. The molecule has 0 saturated heterocycles. The summed E-state index contributed by atoms with van der Waals surface area (Å²) in [5.74, 6) is 0.264. The van der Waals surface area contributed by atoms with Gasteiger partial charge in [-0.05, 0) is 185 Å². The van der Waals surface area contributed by atoms with E-state index in [0.29, 0.717) is 0 Å². The summed E-state index contributed by atoms with van der Waals surface area (Å²) >= 11 is 0. The lowest BCUT2D eigenvalue weighted by atomic mass is 9.33. The molecule has 0 N–H and O–H groups in total. The third-order valence-corrected chi connectivity index (χ3v) is 20.8. The van der Waals surface area contributed by atoms with Crippen molar-refractivity contribution in [2.75, 3.05) is 9.80 Å². The monoisotopic (exact) mass is 1070 g/mol. The predicted molar refractivity (Wildman–Crippen MR) is 353 cm³/mol. The normalized spacial score (nSPS) is 17.1. The molecule has 3 heteroatoms. The van der Waals surface area contributed by atoms with Crippen LogP contribution in [0.5, 0.6) is 0 Å². The Morgan fingerprint density at radius 2 is 0.829 bits per heavy atom. The summed E-state index contributed by atoms with van der Waals surface area (Å²) < 4.78 is 0. The molecular formula is C79H83BN2. The standard InChI is InChI=1S/C79H83BN2/c1-51(2)55-44-71-73-72(45-55)82(68-39-35-58(78(11,12)56-26-20-16-21-27-56)46-61(68)54-32-30-53(31-33-54)52-24-18-15-19-25-52)69-47-59(79(13,14)57-28-22-17-23-29-57)34-38-66(69)80(73)67-49-64-65(77(9,10)43-42-76(64,7)8)50-70(67)81(71)60-36-37-62-63(48-60)75(5,6)41-40-74(62,3)4/h15-39,44-51H,40-43H2,1-14H3. The average Bonchev–Trinajstić information content (AvgIpc) is 1.05. The van der Waals surface area contributed by atoms with Crippen LogP contribution in [0, 0.1) is 0 Å². The van der Waals surface area contributed by atoms with Crippen molar-refractivity contribution in [2.24, 2.45) is 0 Å². The van der Waals surface area contributed by atoms with Crippen LogP contribution < -0.4 is 26.2 Å². The summed E-state index contributed by atoms with van der Waals surface area (Å²) in [6, 6.07) is 75.6. The number of fused-ring (bicyclic) bond motifs is 6. The quantitative estimate of drug-likeness (QED) is 0.133. The summed E-state index contributed by atoms with van der Waals surface area (Å²) in [5.41, 5.74) is 28.7. The molecule has 412 valence electrons. The van der Waals surface area contributed by atoms with Crippen LogP contribution in [0.1, 0.15) is 179 Å². The van der Waals surface area contributed by atoms with Gasteiger partial charge >= 0.3 is 0 Å². The Bertz CT molecular complexity index is 3950. The minimum atomic E-state index is -0.280. The minimum absolute atomic E-state index is 0.0179. The van der Waals surface area contributed by atoms with Gasteiger partial charge in [-0.3, -0.25) is 0 Å². The number of hydrogen-bond acceptors (Lipinski definition) is 2. The first-order valence-electron chi connectivity index (χ1n) is 30.6. The first-order valence-corrected chi connectivity index (χ1v) is 30.6. The van der Waals surface area contributed by atoms with Gasteiger partial charge < -0.3 is 9.80 Å². The topological polar surface area (TPSA) is 6.48 Å². The second-order valence-corrected chi connectivity index (χ2v) is 28.9. The molecule has 0 fully saturated rings. The SMILES string of the molecule is CC(C)c1cc2c3c(c1)N(c1ccc(C(C)(C)c4ccccc4)cc1-c1ccc(-c4ccccc4)cc1)c1cc(C(C)(C)c4ccccc4)ccc1B3c1cc3c(cc1N2c1ccc2c(c1)C(C)(C)CCC2(C)C)C(C)(C)CCC3(C)C. The summed E-state index contributed by atoms with van der Waals surface area (Å²) in [5, 5.41) is 0. The molecular weight excluding hydrogens is 988 g/mol. The Kier molecular flexibility index (Phi) is 12.6. The summed E-state index contributed by atoms with van der Waals surface area (Å²) in [6.07, 6.45) is 4.67. The predicted octanol–water partition coefficient (Wildman–Crippen LogP) is 19.6. The molecule has 0 aromatic heterocycles. The van der Waals surface area contributed by atoms with Gasteiger partial charge in [0.15, 0.2) is 0 Å². The number of anilines is 6. The van der Waals surface area contributed by atoms with Crippen molar-refractivity contribution < 1.29 is 0 Å². The van der Waals surface area contributed by atoms with E-state index < -0.39 is 0 Å². The summed E-state index contributed by atoms with van der Waals surface area (Å²) in [4.78, 5) is 5.45. The molecule has 9 aromatic carbocycles. The molecule has 13 rings (SSSR count). The molecule has 0 saturated carbocycles. The van der Waals surface area contributed by atoms with Crippen LogP contribution in [0.2, 0.25) is 0 Å². The highest BCUT2D eigenvalue weighted by atomic mass is 15.2. The van der Waals surface area contributed by atoms with E-state index in [1.807, 2.05) is 0 Å². The number of rotatable bonds is 9. The van der Waals surface area contributed by atoms with Gasteiger partial charge in [-0.25, -0.2) is 0 Å². The smallest absolute Gasteiger partial charge is 0.252 e. The molecule has 0 spiro atoms. The number of benzene rings is 9. The maximum absolute atomic E-state index is 2.73. The van der Waals surface area contributed by atoms with Gasteiger partial charge in [-0.1, -0.05) is 243 Å². The minimum Gasteiger partial charge on any atom is -0.311 e. The lowest BCUT2D eigenvalue weighted by Crippen LogP contribution is -2.62. The zero-order chi connectivity index (χ0) is 57.5. The zero-order valence-electron chi connectivity index (χ0n) is 51.4. The van der Waals surface area contributed by atoms with Gasteiger partial charge in [-0.2, -0.15) is 0 Å². The van der Waals surface area contributed by atoms with E-state index in [9.17, 15) is 0 Å². The fourth-order valence-electron chi connectivity index (χ4n) is 14.9. The Balaban J connectivity index is 1.14. The van der Waals surface area contributed by atoms with Gasteiger partial charge in [0.25, 0.3) is 6.71 Å². The van der Waals surface area contributed by atoms with Crippen LogP contribution in [0.25, 0.3) is 22.3 Å². The van der Waals surface area contributed by atoms with Crippen molar-refractivity contribution in [1.82, 2.24) is 0 Å². The van der Waals surface area contributed by atoms with Crippen molar-refractivity contribution in [3.05, 3.63) is 244 Å². The third kappa shape index (κ3) is 8.65. The first kappa shape index (κ1) is 53.9. The van der Waals surface area contributed by atoms with E-state index >= 15 is 0 Å². The third-order valence-electron chi connectivity index (χ3n) is 20.8. The molecule has 0 bridgehead atoms.